The highest BCUT2D eigenvalue weighted by atomic mass is 16.4. The number of oxime groups is 1. The molecule has 0 aliphatic carbocycles. The molecule has 72 valence electrons. The number of aryl methyl sites for hydroxylation is 1. The van der Waals surface area contributed by atoms with Gasteiger partial charge in [0.15, 0.2) is 0 Å². The molecule has 3 heteroatoms. The minimum absolute atomic E-state index is 0.915. The average molecular weight is 188 g/mol. The number of hydrogen-bond donors (Lipinski definition) is 2. The lowest BCUT2D eigenvalue weighted by Gasteiger charge is -1.98. The van der Waals surface area contributed by atoms with Crippen LogP contribution in [0.15, 0.2) is 29.6 Å². The summed E-state index contributed by atoms with van der Waals surface area (Å²) in [6, 6.07) is 6.13. The molecule has 3 nitrogen and oxygen atoms in total. The number of benzene rings is 1. The highest BCUT2D eigenvalue weighted by Gasteiger charge is 2.04. The molecule has 0 radical (unpaired) electrons. The number of aromatic amines is 1. The van der Waals surface area contributed by atoms with Crippen molar-refractivity contribution in [3.8, 4) is 0 Å². The summed E-state index contributed by atoms with van der Waals surface area (Å²) in [7, 11) is 0. The Labute approximate surface area is 82.1 Å². The van der Waals surface area contributed by atoms with Crippen molar-refractivity contribution in [3.05, 3.63) is 35.5 Å². The van der Waals surface area contributed by atoms with E-state index in [1.807, 2.05) is 18.3 Å². The van der Waals surface area contributed by atoms with E-state index in [2.05, 4.69) is 23.1 Å². The van der Waals surface area contributed by atoms with Gasteiger partial charge in [-0.2, -0.15) is 0 Å². The molecule has 2 aromatic rings. The van der Waals surface area contributed by atoms with Crippen molar-refractivity contribution in [1.29, 1.82) is 0 Å². The van der Waals surface area contributed by atoms with Gasteiger partial charge >= 0.3 is 0 Å². The number of nitrogens with zero attached hydrogens (tertiary/aromatic N) is 1. The van der Waals surface area contributed by atoms with E-state index in [-0.39, 0.29) is 0 Å². The van der Waals surface area contributed by atoms with Gasteiger partial charge in [-0.25, -0.2) is 0 Å². The SMILES string of the molecule is CCc1cccc2c(C=NO)c[nH]c12. The number of rotatable bonds is 2. The number of H-pyrrole nitrogens is 1. The van der Waals surface area contributed by atoms with Gasteiger partial charge in [-0.05, 0) is 12.0 Å². The van der Waals surface area contributed by atoms with E-state index in [0.29, 0.717) is 0 Å². The second kappa shape index (κ2) is 3.54. The fourth-order valence-corrected chi connectivity index (χ4v) is 1.70. The van der Waals surface area contributed by atoms with Gasteiger partial charge in [0, 0.05) is 22.7 Å². The standard InChI is InChI=1S/C11H12N2O/c1-2-8-4-3-5-10-9(7-13-14)6-12-11(8)10/h3-7,12,14H,2H2,1H3. The molecule has 14 heavy (non-hydrogen) atoms. The van der Waals surface area contributed by atoms with Gasteiger partial charge in [0.25, 0.3) is 0 Å². The van der Waals surface area contributed by atoms with Crippen LogP contribution < -0.4 is 0 Å². The van der Waals surface area contributed by atoms with Crippen molar-refractivity contribution in [2.24, 2.45) is 5.16 Å². The molecule has 1 aromatic heterocycles. The summed E-state index contributed by atoms with van der Waals surface area (Å²) < 4.78 is 0. The molecule has 0 unspecified atom stereocenters. The van der Waals surface area contributed by atoms with Gasteiger partial charge in [0.05, 0.1) is 6.21 Å². The van der Waals surface area contributed by atoms with Crippen molar-refractivity contribution < 1.29 is 5.21 Å². The summed E-state index contributed by atoms with van der Waals surface area (Å²) in [5.41, 5.74) is 3.32. The van der Waals surface area contributed by atoms with Crippen LogP contribution in [0, 0.1) is 0 Å². The summed E-state index contributed by atoms with van der Waals surface area (Å²) in [6.07, 6.45) is 4.29. The van der Waals surface area contributed by atoms with Crippen molar-refractivity contribution in [1.82, 2.24) is 4.98 Å². The van der Waals surface area contributed by atoms with E-state index < -0.39 is 0 Å². The van der Waals surface area contributed by atoms with Crippen LogP contribution >= 0.6 is 0 Å². The quantitative estimate of drug-likeness (QED) is 0.424. The van der Waals surface area contributed by atoms with Crippen LogP contribution in [-0.2, 0) is 6.42 Å². The molecule has 0 saturated heterocycles. The Balaban J connectivity index is 2.69. The molecule has 2 rings (SSSR count). The molecule has 0 fully saturated rings. The van der Waals surface area contributed by atoms with Crippen LogP contribution in [0.5, 0.6) is 0 Å². The van der Waals surface area contributed by atoms with E-state index in [4.69, 9.17) is 5.21 Å². The van der Waals surface area contributed by atoms with Crippen LogP contribution in [0.4, 0.5) is 0 Å². The Bertz CT molecular complexity index is 471. The second-order valence-corrected chi connectivity index (χ2v) is 3.18. The van der Waals surface area contributed by atoms with E-state index in [1.54, 1.807) is 0 Å². The van der Waals surface area contributed by atoms with Gasteiger partial charge in [0.1, 0.15) is 0 Å². The lowest BCUT2D eigenvalue weighted by Crippen LogP contribution is -1.82. The zero-order chi connectivity index (χ0) is 9.97. The minimum atomic E-state index is 0.915. The number of para-hydroxylation sites is 1. The maximum atomic E-state index is 8.48. The molecule has 2 N–H and O–H groups in total. The third-order valence-electron chi connectivity index (χ3n) is 2.41. The summed E-state index contributed by atoms with van der Waals surface area (Å²) >= 11 is 0. The first-order chi connectivity index (χ1) is 6.86. The largest absolute Gasteiger partial charge is 0.411 e. The molecule has 1 heterocycles. The van der Waals surface area contributed by atoms with Gasteiger partial charge in [-0.15, -0.1) is 0 Å². The number of hydrogen-bond acceptors (Lipinski definition) is 2. The predicted molar refractivity (Wildman–Crippen MR) is 57.1 cm³/mol. The lowest BCUT2D eigenvalue weighted by atomic mass is 10.1. The molecule has 0 amide bonds. The number of aromatic nitrogens is 1. The first-order valence-corrected chi connectivity index (χ1v) is 4.63. The van der Waals surface area contributed by atoms with E-state index in [1.165, 1.54) is 11.8 Å². The monoisotopic (exact) mass is 188 g/mol. The molecule has 0 aliphatic rings. The molecule has 0 atom stereocenters. The first-order valence-electron chi connectivity index (χ1n) is 4.63. The average Bonchev–Trinajstić information content (AvgIpc) is 2.62. The Morgan fingerprint density at radius 3 is 3.07 bits per heavy atom. The van der Waals surface area contributed by atoms with Crippen LogP contribution in [0.25, 0.3) is 10.9 Å². The Morgan fingerprint density at radius 2 is 2.36 bits per heavy atom. The van der Waals surface area contributed by atoms with Crippen LogP contribution in [0.3, 0.4) is 0 Å². The predicted octanol–water partition coefficient (Wildman–Crippen LogP) is 2.54. The normalized spacial score (nSPS) is 11.5. The maximum Gasteiger partial charge on any atom is 0.0755 e. The lowest BCUT2D eigenvalue weighted by molar-refractivity contribution is 0.322. The fraction of sp³-hybridized carbons (Fsp3) is 0.182. The molecular weight excluding hydrogens is 176 g/mol. The highest BCUT2D eigenvalue weighted by Crippen LogP contribution is 2.20. The third kappa shape index (κ3) is 1.27. The number of nitrogens with one attached hydrogen (secondary N) is 1. The van der Waals surface area contributed by atoms with Crippen molar-refractivity contribution in [2.45, 2.75) is 13.3 Å². The Morgan fingerprint density at radius 1 is 1.50 bits per heavy atom. The summed E-state index contributed by atoms with van der Waals surface area (Å²) in [5.74, 6) is 0. The minimum Gasteiger partial charge on any atom is -0.411 e. The Hall–Kier alpha value is -1.77. The summed E-state index contributed by atoms with van der Waals surface area (Å²) in [5, 5.41) is 12.6. The van der Waals surface area contributed by atoms with Crippen LogP contribution in [-0.4, -0.2) is 16.4 Å². The van der Waals surface area contributed by atoms with Gasteiger partial charge in [-0.1, -0.05) is 30.3 Å². The highest BCUT2D eigenvalue weighted by molar-refractivity contribution is 5.99. The summed E-state index contributed by atoms with van der Waals surface area (Å²) in [4.78, 5) is 3.19. The zero-order valence-corrected chi connectivity index (χ0v) is 7.99. The smallest absolute Gasteiger partial charge is 0.0755 e. The molecule has 0 spiro atoms. The number of fused-ring (bicyclic) bond motifs is 1. The second-order valence-electron chi connectivity index (χ2n) is 3.18. The van der Waals surface area contributed by atoms with Crippen LogP contribution in [0.2, 0.25) is 0 Å². The zero-order valence-electron chi connectivity index (χ0n) is 7.99. The Kier molecular flexibility index (Phi) is 2.23. The summed E-state index contributed by atoms with van der Waals surface area (Å²) in [6.45, 7) is 2.12. The molecule has 0 saturated carbocycles. The first kappa shape index (κ1) is 8.81. The van der Waals surface area contributed by atoms with Gasteiger partial charge < -0.3 is 10.2 Å². The van der Waals surface area contributed by atoms with Gasteiger partial charge in [0.2, 0.25) is 0 Å². The molecule has 1 aromatic carbocycles. The van der Waals surface area contributed by atoms with E-state index in [0.717, 1.165) is 22.9 Å². The van der Waals surface area contributed by atoms with E-state index >= 15 is 0 Å². The maximum absolute atomic E-state index is 8.48. The van der Waals surface area contributed by atoms with Crippen molar-refractivity contribution in [2.75, 3.05) is 0 Å². The third-order valence-corrected chi connectivity index (χ3v) is 2.41. The van der Waals surface area contributed by atoms with Crippen LogP contribution in [0.1, 0.15) is 18.1 Å². The molecular formula is C11H12N2O. The topological polar surface area (TPSA) is 48.4 Å². The molecule has 0 aliphatic heterocycles. The van der Waals surface area contributed by atoms with E-state index in [9.17, 15) is 0 Å². The fourth-order valence-electron chi connectivity index (χ4n) is 1.70. The van der Waals surface area contributed by atoms with Gasteiger partial charge in [-0.3, -0.25) is 0 Å². The van der Waals surface area contributed by atoms with Crippen molar-refractivity contribution in [3.63, 3.8) is 0 Å². The molecule has 0 bridgehead atoms. The van der Waals surface area contributed by atoms with Crippen molar-refractivity contribution >= 4 is 17.1 Å².